The zero-order valence-corrected chi connectivity index (χ0v) is 18.7. The average Bonchev–Trinajstić information content (AvgIpc) is 2.79. The van der Waals surface area contributed by atoms with Gasteiger partial charge in [0, 0.05) is 25.7 Å². The SMILES string of the molecule is C[C@@H]1CCCN(c2cc(Oc3ccccc3)nc(NC(=S)NCc3ccc(F)cc3)n2)C1. The Bertz CT molecular complexity index is 1050. The molecular formula is C24H26FN5OS. The molecule has 0 unspecified atom stereocenters. The molecule has 0 amide bonds. The van der Waals surface area contributed by atoms with E-state index in [4.69, 9.17) is 17.0 Å². The molecule has 1 fully saturated rings. The standard InChI is InChI=1S/C24H26FN5OS/c1-17-6-5-13-30(16-17)21-14-22(31-20-7-3-2-4-8-20)28-23(27-21)29-24(32)26-15-18-9-11-19(25)12-10-18/h2-4,7-12,14,17H,5-6,13,15-16H2,1H3,(H2,26,27,28,29,32)/t17-/m1/s1. The lowest BCUT2D eigenvalue weighted by atomic mass is 10.0. The molecule has 166 valence electrons. The van der Waals surface area contributed by atoms with Gasteiger partial charge in [0.2, 0.25) is 11.8 Å². The van der Waals surface area contributed by atoms with Gasteiger partial charge in [-0.1, -0.05) is 37.3 Å². The Morgan fingerprint density at radius 1 is 1.16 bits per heavy atom. The van der Waals surface area contributed by atoms with Crippen molar-refractivity contribution >= 4 is 29.1 Å². The summed E-state index contributed by atoms with van der Waals surface area (Å²) in [6, 6.07) is 17.7. The molecule has 0 saturated carbocycles. The third-order valence-electron chi connectivity index (χ3n) is 5.23. The summed E-state index contributed by atoms with van der Waals surface area (Å²) in [5.41, 5.74) is 0.917. The lowest BCUT2D eigenvalue weighted by Crippen LogP contribution is -2.35. The Morgan fingerprint density at radius 3 is 2.69 bits per heavy atom. The Kier molecular flexibility index (Phi) is 7.11. The van der Waals surface area contributed by atoms with E-state index in [0.29, 0.717) is 35.2 Å². The van der Waals surface area contributed by atoms with E-state index in [1.807, 2.05) is 36.4 Å². The van der Waals surface area contributed by atoms with Gasteiger partial charge in [0.15, 0.2) is 5.11 Å². The first-order chi connectivity index (χ1) is 15.5. The highest BCUT2D eigenvalue weighted by molar-refractivity contribution is 7.80. The van der Waals surface area contributed by atoms with Crippen LogP contribution in [0.1, 0.15) is 25.3 Å². The van der Waals surface area contributed by atoms with Crippen LogP contribution in [0.5, 0.6) is 11.6 Å². The van der Waals surface area contributed by atoms with Crippen LogP contribution >= 0.6 is 12.2 Å². The number of hydrogen-bond donors (Lipinski definition) is 2. The molecule has 1 aliphatic rings. The predicted octanol–water partition coefficient (Wildman–Crippen LogP) is 5.13. The summed E-state index contributed by atoms with van der Waals surface area (Å²) >= 11 is 5.42. The number of nitrogens with one attached hydrogen (secondary N) is 2. The number of thiocarbonyl (C=S) groups is 1. The number of anilines is 2. The third kappa shape index (κ3) is 6.13. The van der Waals surface area contributed by atoms with Crippen molar-refractivity contribution in [3.05, 3.63) is 72.0 Å². The van der Waals surface area contributed by atoms with Gasteiger partial charge in [0.05, 0.1) is 0 Å². The van der Waals surface area contributed by atoms with Crippen molar-refractivity contribution in [3.63, 3.8) is 0 Å². The molecule has 1 aromatic heterocycles. The minimum Gasteiger partial charge on any atom is -0.439 e. The second kappa shape index (κ2) is 10.4. The molecule has 0 spiro atoms. The van der Waals surface area contributed by atoms with Crippen molar-refractivity contribution in [2.75, 3.05) is 23.3 Å². The number of benzene rings is 2. The van der Waals surface area contributed by atoms with Crippen LogP contribution in [-0.2, 0) is 6.54 Å². The highest BCUT2D eigenvalue weighted by atomic mass is 32.1. The van der Waals surface area contributed by atoms with E-state index in [9.17, 15) is 4.39 Å². The summed E-state index contributed by atoms with van der Waals surface area (Å²) < 4.78 is 19.1. The van der Waals surface area contributed by atoms with Crippen molar-refractivity contribution in [1.82, 2.24) is 15.3 Å². The van der Waals surface area contributed by atoms with E-state index < -0.39 is 0 Å². The van der Waals surface area contributed by atoms with Gasteiger partial charge in [-0.15, -0.1) is 0 Å². The molecule has 0 aliphatic carbocycles. The van der Waals surface area contributed by atoms with Gasteiger partial charge in [-0.3, -0.25) is 0 Å². The lowest BCUT2D eigenvalue weighted by Gasteiger charge is -2.32. The summed E-state index contributed by atoms with van der Waals surface area (Å²) in [5, 5.41) is 6.54. The van der Waals surface area contributed by atoms with Gasteiger partial charge in [0.1, 0.15) is 17.4 Å². The Balaban J connectivity index is 1.50. The van der Waals surface area contributed by atoms with Crippen LogP contribution < -0.4 is 20.3 Å². The van der Waals surface area contributed by atoms with Crippen LogP contribution in [-0.4, -0.2) is 28.2 Å². The third-order valence-corrected chi connectivity index (χ3v) is 5.47. The van der Waals surface area contributed by atoms with Gasteiger partial charge in [-0.05, 0) is 60.8 Å². The number of ether oxygens (including phenoxy) is 1. The smallest absolute Gasteiger partial charge is 0.234 e. The lowest BCUT2D eigenvalue weighted by molar-refractivity contribution is 0.440. The van der Waals surface area contributed by atoms with E-state index in [2.05, 4.69) is 32.4 Å². The van der Waals surface area contributed by atoms with Crippen molar-refractivity contribution in [1.29, 1.82) is 0 Å². The summed E-state index contributed by atoms with van der Waals surface area (Å²) in [6.45, 7) is 4.60. The highest BCUT2D eigenvalue weighted by Crippen LogP contribution is 2.27. The minimum atomic E-state index is -0.266. The Morgan fingerprint density at radius 2 is 1.94 bits per heavy atom. The maximum atomic E-state index is 13.1. The van der Waals surface area contributed by atoms with Gasteiger partial charge in [0.25, 0.3) is 0 Å². The molecule has 8 heteroatoms. The molecule has 6 nitrogen and oxygen atoms in total. The second-order valence-electron chi connectivity index (χ2n) is 7.93. The Labute approximate surface area is 192 Å². The number of aromatic nitrogens is 2. The van der Waals surface area contributed by atoms with Crippen molar-refractivity contribution in [3.8, 4) is 11.6 Å². The van der Waals surface area contributed by atoms with Crippen LogP contribution in [0.25, 0.3) is 0 Å². The van der Waals surface area contributed by atoms with Crippen LogP contribution in [0, 0.1) is 11.7 Å². The first kappa shape index (κ1) is 22.0. The molecule has 32 heavy (non-hydrogen) atoms. The molecule has 2 N–H and O–H groups in total. The monoisotopic (exact) mass is 451 g/mol. The molecule has 4 rings (SSSR count). The topological polar surface area (TPSA) is 62.3 Å². The second-order valence-corrected chi connectivity index (χ2v) is 8.34. The van der Waals surface area contributed by atoms with Crippen LogP contribution in [0.4, 0.5) is 16.2 Å². The predicted molar refractivity (Wildman–Crippen MR) is 129 cm³/mol. The average molecular weight is 452 g/mol. The fourth-order valence-electron chi connectivity index (χ4n) is 3.62. The van der Waals surface area contributed by atoms with Gasteiger partial charge in [-0.2, -0.15) is 9.97 Å². The van der Waals surface area contributed by atoms with E-state index in [1.54, 1.807) is 12.1 Å². The highest BCUT2D eigenvalue weighted by Gasteiger charge is 2.20. The maximum absolute atomic E-state index is 13.1. The number of rotatable bonds is 6. The van der Waals surface area contributed by atoms with Gasteiger partial charge < -0.3 is 20.3 Å². The minimum absolute atomic E-state index is 0.266. The number of hydrogen-bond acceptors (Lipinski definition) is 5. The van der Waals surface area contributed by atoms with Crippen LogP contribution in [0.3, 0.4) is 0 Å². The van der Waals surface area contributed by atoms with Crippen LogP contribution in [0.2, 0.25) is 0 Å². The van der Waals surface area contributed by atoms with E-state index in [1.165, 1.54) is 18.6 Å². The molecular weight excluding hydrogens is 425 g/mol. The molecule has 0 bridgehead atoms. The van der Waals surface area contributed by atoms with Crippen molar-refractivity contribution in [2.24, 2.45) is 5.92 Å². The summed E-state index contributed by atoms with van der Waals surface area (Å²) in [6.07, 6.45) is 2.35. The fraction of sp³-hybridized carbons (Fsp3) is 0.292. The zero-order chi connectivity index (χ0) is 22.3. The molecule has 1 aliphatic heterocycles. The largest absolute Gasteiger partial charge is 0.439 e. The number of para-hydroxylation sites is 1. The molecule has 2 heterocycles. The zero-order valence-electron chi connectivity index (χ0n) is 17.9. The quantitative estimate of drug-likeness (QED) is 0.504. The molecule has 1 saturated heterocycles. The summed E-state index contributed by atoms with van der Waals surface area (Å²) in [7, 11) is 0. The van der Waals surface area contributed by atoms with E-state index in [-0.39, 0.29) is 5.82 Å². The molecule has 0 radical (unpaired) electrons. The number of piperidine rings is 1. The normalized spacial score (nSPS) is 15.8. The summed E-state index contributed by atoms with van der Waals surface area (Å²) in [5.74, 6) is 2.66. The molecule has 1 atom stereocenters. The number of halogens is 1. The molecule has 2 aromatic carbocycles. The summed E-state index contributed by atoms with van der Waals surface area (Å²) in [4.78, 5) is 11.4. The van der Waals surface area contributed by atoms with Gasteiger partial charge >= 0.3 is 0 Å². The van der Waals surface area contributed by atoms with Crippen molar-refractivity contribution < 1.29 is 9.13 Å². The van der Waals surface area contributed by atoms with Gasteiger partial charge in [-0.25, -0.2) is 4.39 Å². The Hall–Kier alpha value is -3.26. The first-order valence-electron chi connectivity index (χ1n) is 10.7. The van der Waals surface area contributed by atoms with Crippen molar-refractivity contribution in [2.45, 2.75) is 26.3 Å². The fourth-order valence-corrected chi connectivity index (χ4v) is 3.78. The maximum Gasteiger partial charge on any atom is 0.234 e. The molecule has 3 aromatic rings. The van der Waals surface area contributed by atoms with E-state index in [0.717, 1.165) is 30.9 Å². The van der Waals surface area contributed by atoms with Crippen LogP contribution in [0.15, 0.2) is 60.7 Å². The van der Waals surface area contributed by atoms with E-state index >= 15 is 0 Å². The number of nitrogens with zero attached hydrogens (tertiary/aromatic N) is 3. The first-order valence-corrected chi connectivity index (χ1v) is 11.1.